The molecule has 5 aromatic rings. The fraction of sp³-hybridized carbons (Fsp3) is 0.172. The normalized spacial score (nSPS) is 14.3. The Morgan fingerprint density at radius 3 is 2.69 bits per heavy atom. The highest BCUT2D eigenvalue weighted by atomic mass is 35.5. The number of tetrazole rings is 1. The van der Waals surface area contributed by atoms with Crippen LogP contribution in [0.4, 0.5) is 5.95 Å². The van der Waals surface area contributed by atoms with Crippen molar-refractivity contribution in [3.05, 3.63) is 106 Å². The molecule has 0 amide bonds. The number of hydrogen-bond donors (Lipinski definition) is 1. The van der Waals surface area contributed by atoms with Gasteiger partial charge in [0, 0.05) is 22.0 Å². The molecule has 0 saturated carbocycles. The molecule has 0 fully saturated rings. The van der Waals surface area contributed by atoms with Crippen molar-refractivity contribution in [3.8, 4) is 16.3 Å². The Morgan fingerprint density at radius 1 is 1.05 bits per heavy atom. The van der Waals surface area contributed by atoms with E-state index in [-0.39, 0.29) is 6.61 Å². The zero-order valence-electron chi connectivity index (χ0n) is 22.3. The second kappa shape index (κ2) is 12.7. The first-order valence-corrected chi connectivity index (χ1v) is 15.2. The van der Waals surface area contributed by atoms with E-state index in [4.69, 9.17) is 21.1 Å². The number of aromatic nitrogens is 6. The number of nitrogens with one attached hydrogen (secondary N) is 1. The molecule has 3 aromatic carbocycles. The van der Waals surface area contributed by atoms with Crippen LogP contribution in [0, 0.1) is 0 Å². The van der Waals surface area contributed by atoms with Gasteiger partial charge in [-0.3, -0.25) is 0 Å². The minimum atomic E-state index is -0.640. The lowest BCUT2D eigenvalue weighted by molar-refractivity contribution is -0.139. The second-order valence-corrected chi connectivity index (χ2v) is 11.7. The highest BCUT2D eigenvalue weighted by Gasteiger charge is 2.36. The Kier molecular flexibility index (Phi) is 8.45. The van der Waals surface area contributed by atoms with Gasteiger partial charge in [0.25, 0.3) is 0 Å². The predicted molar refractivity (Wildman–Crippen MR) is 162 cm³/mol. The minimum absolute atomic E-state index is 0.221. The van der Waals surface area contributed by atoms with E-state index in [0.29, 0.717) is 40.4 Å². The molecule has 1 unspecified atom stereocenters. The Hall–Kier alpha value is -4.26. The Bertz CT molecular complexity index is 1720. The fourth-order valence-corrected chi connectivity index (χ4v) is 6.38. The number of nitrogens with zero attached hydrogens (tertiary/aromatic N) is 6. The number of anilines is 1. The molecule has 10 nitrogen and oxygen atoms in total. The van der Waals surface area contributed by atoms with Crippen LogP contribution in [0.25, 0.3) is 10.6 Å². The number of carbonyl (C=O) groups is 1. The van der Waals surface area contributed by atoms with Crippen LogP contribution in [-0.2, 0) is 16.1 Å². The zero-order valence-corrected chi connectivity index (χ0v) is 24.7. The van der Waals surface area contributed by atoms with Crippen molar-refractivity contribution in [3.63, 3.8) is 0 Å². The molecule has 0 bridgehead atoms. The van der Waals surface area contributed by atoms with Crippen molar-refractivity contribution in [2.75, 3.05) is 17.7 Å². The van der Waals surface area contributed by atoms with Crippen molar-refractivity contribution >= 4 is 46.6 Å². The number of halogens is 1. The molecule has 1 aliphatic heterocycles. The number of hydrogen-bond acceptors (Lipinski definition) is 11. The Balaban J connectivity index is 1.30. The molecule has 13 heteroatoms. The molecule has 2 aromatic heterocycles. The summed E-state index contributed by atoms with van der Waals surface area (Å²) in [7, 11) is 0. The van der Waals surface area contributed by atoms with E-state index >= 15 is 0 Å². The third-order valence-electron chi connectivity index (χ3n) is 6.35. The smallest absolute Gasteiger partial charge is 0.338 e. The maximum absolute atomic E-state index is 13.5. The van der Waals surface area contributed by atoms with E-state index in [9.17, 15) is 4.79 Å². The van der Waals surface area contributed by atoms with Gasteiger partial charge in [-0.2, -0.15) is 4.68 Å². The van der Waals surface area contributed by atoms with Crippen molar-refractivity contribution < 1.29 is 14.3 Å². The van der Waals surface area contributed by atoms with Crippen LogP contribution in [0.15, 0.2) is 94.5 Å². The fourth-order valence-electron chi connectivity index (χ4n) is 4.43. The summed E-state index contributed by atoms with van der Waals surface area (Å²) < 4.78 is 13.9. The molecule has 0 aliphatic carbocycles. The molecule has 1 atom stereocenters. The summed E-state index contributed by atoms with van der Waals surface area (Å²) in [5, 5.41) is 25.6. The van der Waals surface area contributed by atoms with E-state index in [1.807, 2.05) is 78.9 Å². The maximum Gasteiger partial charge on any atom is 0.338 e. The summed E-state index contributed by atoms with van der Waals surface area (Å²) in [5.74, 6) is 0.991. The summed E-state index contributed by atoms with van der Waals surface area (Å²) >= 11 is 8.97. The van der Waals surface area contributed by atoms with Crippen LogP contribution in [0.5, 0.6) is 5.75 Å². The first-order chi connectivity index (χ1) is 20.6. The maximum atomic E-state index is 13.5. The Morgan fingerprint density at radius 2 is 1.88 bits per heavy atom. The van der Waals surface area contributed by atoms with Gasteiger partial charge in [-0.1, -0.05) is 94.4 Å². The summed E-state index contributed by atoms with van der Waals surface area (Å²) in [6.07, 6.45) is 0. The third kappa shape index (κ3) is 6.15. The van der Waals surface area contributed by atoms with Gasteiger partial charge in [0.05, 0.1) is 12.2 Å². The molecule has 1 N–H and O–H groups in total. The van der Waals surface area contributed by atoms with E-state index in [0.717, 1.165) is 26.0 Å². The number of ether oxygens (including phenoxy) is 2. The summed E-state index contributed by atoms with van der Waals surface area (Å²) in [6.45, 7) is 2.36. The first-order valence-electron chi connectivity index (χ1n) is 13.0. The lowest BCUT2D eigenvalue weighted by Gasteiger charge is -2.28. The van der Waals surface area contributed by atoms with Crippen LogP contribution in [-0.4, -0.2) is 48.7 Å². The van der Waals surface area contributed by atoms with Gasteiger partial charge in [0.15, 0.2) is 4.34 Å². The number of benzene rings is 3. The standard InChI is InChI=1S/C29H24ClN7O3S2/c1-2-39-27(38)24-23(17-41-29-34-32-26(42-29)19-7-4-3-5-8-19)31-28-33-35-36-37(28)25(24)20-9-6-10-22(15-20)40-16-18-11-13-21(30)14-12-18/h3-15,25H,2,16-17H2,1H3,(H,31,33,36). The van der Waals surface area contributed by atoms with E-state index < -0.39 is 12.0 Å². The molecule has 212 valence electrons. The van der Waals surface area contributed by atoms with Crippen molar-refractivity contribution in [2.24, 2.45) is 0 Å². The Labute approximate surface area is 254 Å². The molecule has 6 rings (SSSR count). The van der Waals surface area contributed by atoms with Crippen LogP contribution < -0.4 is 10.1 Å². The molecule has 1 aliphatic rings. The van der Waals surface area contributed by atoms with Gasteiger partial charge in [0.1, 0.15) is 23.4 Å². The topological polar surface area (TPSA) is 117 Å². The number of esters is 1. The van der Waals surface area contributed by atoms with E-state index in [1.165, 1.54) is 23.1 Å². The second-order valence-electron chi connectivity index (χ2n) is 9.10. The summed E-state index contributed by atoms with van der Waals surface area (Å²) in [4.78, 5) is 13.5. The van der Waals surface area contributed by atoms with Crippen LogP contribution in [0.1, 0.15) is 24.1 Å². The summed E-state index contributed by atoms with van der Waals surface area (Å²) in [5.41, 5.74) is 3.79. The molecule has 0 spiro atoms. The van der Waals surface area contributed by atoms with Crippen molar-refractivity contribution in [1.82, 2.24) is 30.4 Å². The molecular weight excluding hydrogens is 594 g/mol. The molecule has 0 saturated heterocycles. The number of thioether (sulfide) groups is 1. The molecular formula is C29H24ClN7O3S2. The SMILES string of the molecule is CCOC(=O)C1=C(CSc2nnc(-c3ccccc3)s2)Nc2nnnn2C1c1cccc(OCc2ccc(Cl)cc2)c1. The van der Waals surface area contributed by atoms with Gasteiger partial charge in [0.2, 0.25) is 5.95 Å². The quantitative estimate of drug-likeness (QED) is 0.147. The lowest BCUT2D eigenvalue weighted by Crippen LogP contribution is -2.31. The van der Waals surface area contributed by atoms with Gasteiger partial charge in [-0.05, 0) is 52.7 Å². The molecule has 42 heavy (non-hydrogen) atoms. The van der Waals surface area contributed by atoms with Gasteiger partial charge >= 0.3 is 5.97 Å². The predicted octanol–water partition coefficient (Wildman–Crippen LogP) is 6.05. The number of fused-ring (bicyclic) bond motifs is 1. The average Bonchev–Trinajstić information content (AvgIpc) is 3.69. The van der Waals surface area contributed by atoms with Crippen LogP contribution in [0.2, 0.25) is 5.02 Å². The van der Waals surface area contributed by atoms with Crippen LogP contribution in [0.3, 0.4) is 0 Å². The van der Waals surface area contributed by atoms with Crippen molar-refractivity contribution in [1.29, 1.82) is 0 Å². The highest BCUT2D eigenvalue weighted by molar-refractivity contribution is 8.01. The van der Waals surface area contributed by atoms with Gasteiger partial charge in [-0.15, -0.1) is 10.2 Å². The highest BCUT2D eigenvalue weighted by Crippen LogP contribution is 2.39. The monoisotopic (exact) mass is 617 g/mol. The zero-order chi connectivity index (χ0) is 28.9. The van der Waals surface area contributed by atoms with Gasteiger partial charge < -0.3 is 14.8 Å². The minimum Gasteiger partial charge on any atom is -0.489 e. The van der Waals surface area contributed by atoms with Gasteiger partial charge in [-0.25, -0.2) is 4.79 Å². The van der Waals surface area contributed by atoms with Crippen LogP contribution >= 0.6 is 34.7 Å². The lowest BCUT2D eigenvalue weighted by atomic mass is 9.95. The van der Waals surface area contributed by atoms with E-state index in [1.54, 1.807) is 11.6 Å². The molecule has 3 heterocycles. The third-order valence-corrected chi connectivity index (χ3v) is 8.74. The summed E-state index contributed by atoms with van der Waals surface area (Å²) in [6, 6.07) is 24.3. The molecule has 0 radical (unpaired) electrons. The average molecular weight is 618 g/mol. The number of rotatable bonds is 10. The first kappa shape index (κ1) is 27.9. The number of carbonyl (C=O) groups excluding carboxylic acids is 1. The van der Waals surface area contributed by atoms with Crippen molar-refractivity contribution in [2.45, 2.75) is 23.9 Å². The van der Waals surface area contributed by atoms with E-state index in [2.05, 4.69) is 31.0 Å². The largest absolute Gasteiger partial charge is 0.489 e.